The molecule has 140 valence electrons. The highest BCUT2D eigenvalue weighted by Crippen LogP contribution is 2.21. The van der Waals surface area contributed by atoms with Crippen molar-refractivity contribution in [2.24, 2.45) is 0 Å². The van der Waals surface area contributed by atoms with Crippen LogP contribution in [0, 0.1) is 6.92 Å². The van der Waals surface area contributed by atoms with Gasteiger partial charge >= 0.3 is 0 Å². The Balaban J connectivity index is 1.82. The number of sulfonamides is 1. The van der Waals surface area contributed by atoms with Gasteiger partial charge in [-0.15, -0.1) is 0 Å². The minimum Gasteiger partial charge on any atom is -0.367 e. The van der Waals surface area contributed by atoms with Gasteiger partial charge in [-0.05, 0) is 61.4 Å². The van der Waals surface area contributed by atoms with Crippen molar-refractivity contribution in [3.05, 3.63) is 90.0 Å². The fourth-order valence-corrected chi connectivity index (χ4v) is 4.10. The lowest BCUT2D eigenvalue weighted by atomic mass is 10.2. The van der Waals surface area contributed by atoms with Crippen LogP contribution < -0.4 is 9.62 Å². The minimum atomic E-state index is -3.63. The Hall–Kier alpha value is -2.79. The van der Waals surface area contributed by atoms with E-state index >= 15 is 0 Å². The van der Waals surface area contributed by atoms with Gasteiger partial charge < -0.3 is 4.90 Å². The summed E-state index contributed by atoms with van der Waals surface area (Å²) < 4.78 is 28.2. The quantitative estimate of drug-likeness (QED) is 0.639. The van der Waals surface area contributed by atoms with Crippen molar-refractivity contribution in [2.75, 3.05) is 16.2 Å². The van der Waals surface area contributed by atoms with Crippen molar-refractivity contribution in [3.8, 4) is 0 Å². The molecule has 0 unspecified atom stereocenters. The molecular weight excluding hydrogens is 356 g/mol. The predicted octanol–water partition coefficient (Wildman–Crippen LogP) is 4.82. The van der Waals surface area contributed by atoms with Gasteiger partial charge in [0.2, 0.25) is 0 Å². The standard InChI is InChI=1S/C22H24N2O2S/c1-3-24(21-12-5-4-6-13-21)17-19-10-8-14-22(16-19)27(25,26)23-20-11-7-9-18(2)15-20/h4-16,23H,3,17H2,1-2H3. The molecular formula is C22H24N2O2S. The van der Waals surface area contributed by atoms with Crippen molar-refractivity contribution >= 4 is 21.4 Å². The maximum Gasteiger partial charge on any atom is 0.261 e. The summed E-state index contributed by atoms with van der Waals surface area (Å²) in [5.74, 6) is 0. The molecule has 0 aliphatic rings. The third kappa shape index (κ3) is 4.89. The normalized spacial score (nSPS) is 11.2. The fourth-order valence-electron chi connectivity index (χ4n) is 2.98. The van der Waals surface area contributed by atoms with Crippen LogP contribution in [0.3, 0.4) is 0 Å². The molecule has 0 spiro atoms. The lowest BCUT2D eigenvalue weighted by Crippen LogP contribution is -2.22. The highest BCUT2D eigenvalue weighted by atomic mass is 32.2. The average molecular weight is 381 g/mol. The van der Waals surface area contributed by atoms with Gasteiger partial charge in [0.15, 0.2) is 0 Å². The highest BCUT2D eigenvalue weighted by molar-refractivity contribution is 7.92. The number of hydrogen-bond acceptors (Lipinski definition) is 3. The summed E-state index contributed by atoms with van der Waals surface area (Å²) in [4.78, 5) is 2.48. The van der Waals surface area contributed by atoms with E-state index in [0.29, 0.717) is 12.2 Å². The molecule has 0 amide bonds. The van der Waals surface area contributed by atoms with Crippen molar-refractivity contribution in [1.29, 1.82) is 0 Å². The maximum atomic E-state index is 12.8. The van der Waals surface area contributed by atoms with Crippen LogP contribution in [0.1, 0.15) is 18.1 Å². The first-order valence-electron chi connectivity index (χ1n) is 8.96. The Kier molecular flexibility index (Phi) is 5.81. The molecule has 0 aromatic heterocycles. The zero-order valence-electron chi connectivity index (χ0n) is 15.6. The molecule has 0 heterocycles. The van der Waals surface area contributed by atoms with Gasteiger partial charge in [-0.25, -0.2) is 8.42 Å². The minimum absolute atomic E-state index is 0.269. The molecule has 4 nitrogen and oxygen atoms in total. The monoisotopic (exact) mass is 380 g/mol. The van der Waals surface area contributed by atoms with Crippen LogP contribution in [0.2, 0.25) is 0 Å². The molecule has 0 fully saturated rings. The molecule has 5 heteroatoms. The maximum absolute atomic E-state index is 12.8. The van der Waals surface area contributed by atoms with Crippen LogP contribution in [0.4, 0.5) is 11.4 Å². The predicted molar refractivity (Wildman–Crippen MR) is 112 cm³/mol. The van der Waals surface area contributed by atoms with Gasteiger partial charge in [0, 0.05) is 24.5 Å². The van der Waals surface area contributed by atoms with Gasteiger partial charge in [-0.2, -0.15) is 0 Å². The summed E-state index contributed by atoms with van der Waals surface area (Å²) in [5, 5.41) is 0. The first-order chi connectivity index (χ1) is 13.0. The summed E-state index contributed by atoms with van der Waals surface area (Å²) in [7, 11) is -3.63. The Morgan fingerprint density at radius 1 is 0.889 bits per heavy atom. The van der Waals surface area contributed by atoms with Crippen LogP contribution in [-0.2, 0) is 16.6 Å². The smallest absolute Gasteiger partial charge is 0.261 e. The Labute approximate surface area is 161 Å². The second kappa shape index (κ2) is 8.27. The van der Waals surface area contributed by atoms with Crippen LogP contribution >= 0.6 is 0 Å². The number of hydrogen-bond donors (Lipinski definition) is 1. The summed E-state index contributed by atoms with van der Waals surface area (Å²) >= 11 is 0. The van der Waals surface area contributed by atoms with Crippen molar-refractivity contribution in [3.63, 3.8) is 0 Å². The first kappa shape index (κ1) is 19.0. The first-order valence-corrected chi connectivity index (χ1v) is 10.4. The Morgan fingerprint density at radius 3 is 2.33 bits per heavy atom. The number of rotatable bonds is 7. The topological polar surface area (TPSA) is 49.4 Å². The van der Waals surface area contributed by atoms with Gasteiger partial charge in [-0.3, -0.25) is 4.72 Å². The summed E-state index contributed by atoms with van der Waals surface area (Å²) in [6.07, 6.45) is 0. The van der Waals surface area contributed by atoms with Gasteiger partial charge in [-0.1, -0.05) is 42.5 Å². The van der Waals surface area contributed by atoms with E-state index < -0.39 is 10.0 Å². The third-order valence-electron chi connectivity index (χ3n) is 4.36. The van der Waals surface area contributed by atoms with Crippen LogP contribution in [0.15, 0.2) is 83.8 Å². The molecule has 0 aliphatic heterocycles. The van der Waals surface area contributed by atoms with Gasteiger partial charge in [0.25, 0.3) is 10.0 Å². The summed E-state index contributed by atoms with van der Waals surface area (Å²) in [6.45, 7) is 5.51. The third-order valence-corrected chi connectivity index (χ3v) is 5.73. The largest absolute Gasteiger partial charge is 0.367 e. The lowest BCUT2D eigenvalue weighted by molar-refractivity contribution is 0.601. The SMILES string of the molecule is CCN(Cc1cccc(S(=O)(=O)Nc2cccc(C)c2)c1)c1ccccc1. The van der Waals surface area contributed by atoms with E-state index in [0.717, 1.165) is 23.4 Å². The van der Waals surface area contributed by atoms with E-state index in [4.69, 9.17) is 0 Å². The Morgan fingerprint density at radius 2 is 1.63 bits per heavy atom. The van der Waals surface area contributed by atoms with Crippen LogP contribution in [0.5, 0.6) is 0 Å². The van der Waals surface area contributed by atoms with E-state index in [2.05, 4.69) is 28.7 Å². The second-order valence-corrected chi connectivity index (χ2v) is 8.15. The number of nitrogens with one attached hydrogen (secondary N) is 1. The molecule has 0 bridgehead atoms. The molecule has 3 aromatic rings. The second-order valence-electron chi connectivity index (χ2n) is 6.47. The van der Waals surface area contributed by atoms with Gasteiger partial charge in [0.05, 0.1) is 4.90 Å². The van der Waals surface area contributed by atoms with Crippen molar-refractivity contribution < 1.29 is 8.42 Å². The summed E-state index contributed by atoms with van der Waals surface area (Å²) in [5.41, 5.74) is 3.64. The molecule has 0 radical (unpaired) electrons. The van der Waals surface area contributed by atoms with Crippen LogP contribution in [0.25, 0.3) is 0 Å². The molecule has 0 atom stereocenters. The van der Waals surface area contributed by atoms with E-state index in [-0.39, 0.29) is 4.90 Å². The van der Waals surface area contributed by atoms with Crippen molar-refractivity contribution in [2.45, 2.75) is 25.3 Å². The molecule has 1 N–H and O–H groups in total. The number of benzene rings is 3. The molecule has 0 saturated heterocycles. The van der Waals surface area contributed by atoms with Crippen LogP contribution in [-0.4, -0.2) is 15.0 Å². The summed E-state index contributed by atoms with van der Waals surface area (Å²) in [6, 6.07) is 24.6. The number of anilines is 2. The highest BCUT2D eigenvalue weighted by Gasteiger charge is 2.15. The lowest BCUT2D eigenvalue weighted by Gasteiger charge is -2.23. The van der Waals surface area contributed by atoms with E-state index in [1.807, 2.05) is 49.4 Å². The number of para-hydroxylation sites is 1. The Bertz CT molecular complexity index is 1000. The number of aryl methyl sites for hydroxylation is 1. The number of nitrogens with zero attached hydrogens (tertiary/aromatic N) is 1. The molecule has 27 heavy (non-hydrogen) atoms. The fraction of sp³-hybridized carbons (Fsp3) is 0.182. The average Bonchev–Trinajstić information content (AvgIpc) is 2.67. The molecule has 0 aliphatic carbocycles. The zero-order chi connectivity index (χ0) is 19.3. The van der Waals surface area contributed by atoms with E-state index in [1.54, 1.807) is 24.3 Å². The molecule has 3 aromatic carbocycles. The van der Waals surface area contributed by atoms with E-state index in [1.165, 1.54) is 0 Å². The van der Waals surface area contributed by atoms with Gasteiger partial charge in [0.1, 0.15) is 0 Å². The van der Waals surface area contributed by atoms with E-state index in [9.17, 15) is 8.42 Å². The molecule has 3 rings (SSSR count). The zero-order valence-corrected chi connectivity index (χ0v) is 16.4. The van der Waals surface area contributed by atoms with Crippen molar-refractivity contribution in [1.82, 2.24) is 0 Å². The molecule has 0 saturated carbocycles.